The minimum atomic E-state index is 0.505. The first-order valence-corrected chi connectivity index (χ1v) is 13.0. The predicted octanol–water partition coefficient (Wildman–Crippen LogP) is 3.51. The number of aromatic nitrogens is 4. The summed E-state index contributed by atoms with van der Waals surface area (Å²) < 4.78 is 7.65. The third-order valence-corrected chi connectivity index (χ3v) is 7.29. The van der Waals surface area contributed by atoms with Gasteiger partial charge in [-0.3, -0.25) is 9.58 Å². The smallest absolute Gasteiger partial charge is 0.227 e. The van der Waals surface area contributed by atoms with E-state index in [0.29, 0.717) is 5.95 Å². The van der Waals surface area contributed by atoms with Gasteiger partial charge in [0.25, 0.3) is 0 Å². The first-order chi connectivity index (χ1) is 18.4. The molecule has 38 heavy (non-hydrogen) atoms. The molecule has 4 aromatic rings. The Morgan fingerprint density at radius 2 is 1.84 bits per heavy atom. The molecule has 0 radical (unpaired) electrons. The number of fused-ring (bicyclic) bond motifs is 1. The molecule has 5 rings (SSSR count). The number of anilines is 4. The Hall–Kier alpha value is -3.89. The summed E-state index contributed by atoms with van der Waals surface area (Å²) in [7, 11) is 9.89. The summed E-state index contributed by atoms with van der Waals surface area (Å²) in [5.41, 5.74) is 5.82. The molecule has 10 nitrogen and oxygen atoms in total. The molecule has 3 heterocycles. The highest BCUT2D eigenvalue weighted by Crippen LogP contribution is 2.37. The SMILES string of the molecule is CNc1cc(Nc2nccc(-c3ccc4c(cnn4C)c3)n2)c(OC)cc1N(C)CCN1CCN(C)CC1. The molecule has 0 aliphatic carbocycles. The number of hydrogen-bond donors (Lipinski definition) is 2. The molecule has 2 N–H and O–H groups in total. The zero-order chi connectivity index (χ0) is 26.6. The first kappa shape index (κ1) is 25.7. The van der Waals surface area contributed by atoms with Gasteiger partial charge in [-0.1, -0.05) is 6.07 Å². The minimum Gasteiger partial charge on any atom is -0.494 e. The Bertz CT molecular complexity index is 1390. The van der Waals surface area contributed by atoms with Crippen LogP contribution in [0.1, 0.15) is 0 Å². The molecule has 0 bridgehead atoms. The van der Waals surface area contributed by atoms with Gasteiger partial charge in [-0.2, -0.15) is 5.10 Å². The Morgan fingerprint density at radius 3 is 2.61 bits per heavy atom. The minimum absolute atomic E-state index is 0.505. The molecule has 0 spiro atoms. The summed E-state index contributed by atoms with van der Waals surface area (Å²) in [6, 6.07) is 12.3. The molecule has 0 unspecified atom stereocenters. The fourth-order valence-electron chi connectivity index (χ4n) is 4.86. The predicted molar refractivity (Wildman–Crippen MR) is 155 cm³/mol. The Labute approximate surface area is 224 Å². The number of nitrogens with one attached hydrogen (secondary N) is 2. The van der Waals surface area contributed by atoms with Crippen LogP contribution in [0.4, 0.5) is 23.0 Å². The third-order valence-electron chi connectivity index (χ3n) is 7.29. The van der Waals surface area contributed by atoms with Gasteiger partial charge in [0, 0.05) is 83.6 Å². The number of nitrogens with zero attached hydrogens (tertiary/aromatic N) is 7. The van der Waals surface area contributed by atoms with Gasteiger partial charge >= 0.3 is 0 Å². The molecule has 0 atom stereocenters. The average molecular weight is 516 g/mol. The second-order valence-corrected chi connectivity index (χ2v) is 9.82. The van der Waals surface area contributed by atoms with Crippen LogP contribution < -0.4 is 20.3 Å². The van der Waals surface area contributed by atoms with E-state index in [9.17, 15) is 0 Å². The van der Waals surface area contributed by atoms with Crippen molar-refractivity contribution in [3.63, 3.8) is 0 Å². The average Bonchev–Trinajstić information content (AvgIpc) is 3.32. The van der Waals surface area contributed by atoms with Crippen LogP contribution in [0.3, 0.4) is 0 Å². The zero-order valence-electron chi connectivity index (χ0n) is 22.9. The van der Waals surface area contributed by atoms with Crippen molar-refractivity contribution in [1.29, 1.82) is 0 Å². The zero-order valence-corrected chi connectivity index (χ0v) is 22.9. The van der Waals surface area contributed by atoms with E-state index < -0.39 is 0 Å². The molecule has 0 amide bonds. The quantitative estimate of drug-likeness (QED) is 0.348. The molecule has 2 aromatic heterocycles. The summed E-state index contributed by atoms with van der Waals surface area (Å²) in [6.45, 7) is 6.44. The lowest BCUT2D eigenvalue weighted by Crippen LogP contribution is -2.46. The van der Waals surface area contributed by atoms with Crippen molar-refractivity contribution in [3.8, 4) is 17.0 Å². The van der Waals surface area contributed by atoms with E-state index in [1.54, 1.807) is 13.3 Å². The first-order valence-electron chi connectivity index (χ1n) is 13.0. The van der Waals surface area contributed by atoms with Crippen LogP contribution >= 0.6 is 0 Å². The number of hydrogen-bond acceptors (Lipinski definition) is 9. The van der Waals surface area contributed by atoms with Gasteiger partial charge in [0.2, 0.25) is 5.95 Å². The number of rotatable bonds is 9. The summed E-state index contributed by atoms with van der Waals surface area (Å²) >= 11 is 0. The number of benzene rings is 2. The van der Waals surface area contributed by atoms with Gasteiger partial charge < -0.3 is 25.2 Å². The Balaban J connectivity index is 1.34. The molecule has 1 aliphatic heterocycles. The number of ether oxygens (including phenoxy) is 1. The highest BCUT2D eigenvalue weighted by Gasteiger charge is 2.17. The normalized spacial score (nSPS) is 14.6. The van der Waals surface area contributed by atoms with Gasteiger partial charge in [-0.25, -0.2) is 9.97 Å². The van der Waals surface area contributed by atoms with E-state index >= 15 is 0 Å². The molecular formula is C28H37N9O. The maximum atomic E-state index is 5.78. The molecule has 200 valence electrons. The lowest BCUT2D eigenvalue weighted by atomic mass is 10.1. The summed E-state index contributed by atoms with van der Waals surface area (Å²) in [4.78, 5) is 16.4. The van der Waals surface area contributed by atoms with E-state index in [-0.39, 0.29) is 0 Å². The van der Waals surface area contributed by atoms with Crippen molar-refractivity contribution in [2.24, 2.45) is 7.05 Å². The van der Waals surface area contributed by atoms with E-state index in [1.165, 1.54) is 0 Å². The molecule has 10 heteroatoms. The molecular weight excluding hydrogens is 478 g/mol. The van der Waals surface area contributed by atoms with Gasteiger partial charge in [0.05, 0.1) is 41.6 Å². The van der Waals surface area contributed by atoms with Crippen LogP contribution in [0, 0.1) is 0 Å². The maximum absolute atomic E-state index is 5.78. The maximum Gasteiger partial charge on any atom is 0.227 e. The molecule has 0 saturated carbocycles. The van der Waals surface area contributed by atoms with Crippen molar-refractivity contribution in [2.45, 2.75) is 0 Å². The van der Waals surface area contributed by atoms with Gasteiger partial charge in [-0.05, 0) is 31.3 Å². The summed E-state index contributed by atoms with van der Waals surface area (Å²) in [5, 5.41) is 12.1. The van der Waals surface area contributed by atoms with Crippen LogP contribution in [0.2, 0.25) is 0 Å². The Morgan fingerprint density at radius 1 is 1.03 bits per heavy atom. The number of likely N-dealkylation sites (N-methyl/N-ethyl adjacent to an activating group) is 2. The van der Waals surface area contributed by atoms with Crippen molar-refractivity contribution in [3.05, 3.63) is 48.8 Å². The van der Waals surface area contributed by atoms with Gasteiger partial charge in [-0.15, -0.1) is 0 Å². The molecule has 1 aliphatic rings. The van der Waals surface area contributed by atoms with E-state index in [1.807, 2.05) is 31.0 Å². The van der Waals surface area contributed by atoms with Crippen LogP contribution in [0.5, 0.6) is 5.75 Å². The molecule has 1 saturated heterocycles. The van der Waals surface area contributed by atoms with Gasteiger partial charge in [0.1, 0.15) is 5.75 Å². The van der Waals surface area contributed by atoms with E-state index in [4.69, 9.17) is 9.72 Å². The number of piperazine rings is 1. The van der Waals surface area contributed by atoms with Crippen LogP contribution in [0.15, 0.2) is 48.8 Å². The van der Waals surface area contributed by atoms with Crippen molar-refractivity contribution >= 4 is 33.9 Å². The van der Waals surface area contributed by atoms with Crippen molar-refractivity contribution < 1.29 is 4.74 Å². The second-order valence-electron chi connectivity index (χ2n) is 9.82. The van der Waals surface area contributed by atoms with Crippen LogP contribution in [-0.4, -0.2) is 97.1 Å². The number of methoxy groups -OCH3 is 1. The van der Waals surface area contributed by atoms with E-state index in [0.717, 1.165) is 84.2 Å². The lowest BCUT2D eigenvalue weighted by Gasteiger charge is -2.34. The largest absolute Gasteiger partial charge is 0.494 e. The standard InChI is InChI=1S/C28H37N9O/c1-29-23-17-24(27(38-5)18-26(23)35(3)12-15-37-13-10-34(2)11-14-37)33-28-30-9-8-22(32-28)20-6-7-25-21(16-20)19-31-36(25)4/h6-9,16-19,29H,10-15H2,1-5H3,(H,30,32,33). The van der Waals surface area contributed by atoms with Gasteiger partial charge in [0.15, 0.2) is 0 Å². The molecule has 2 aromatic carbocycles. The third kappa shape index (κ3) is 5.51. The van der Waals surface area contributed by atoms with Crippen LogP contribution in [-0.2, 0) is 7.05 Å². The molecule has 1 fully saturated rings. The second kappa shape index (κ2) is 11.2. The van der Waals surface area contributed by atoms with Crippen molar-refractivity contribution in [1.82, 2.24) is 29.5 Å². The highest BCUT2D eigenvalue weighted by atomic mass is 16.5. The summed E-state index contributed by atoms with van der Waals surface area (Å²) in [6.07, 6.45) is 3.64. The topological polar surface area (TPSA) is 86.6 Å². The van der Waals surface area contributed by atoms with Crippen molar-refractivity contribution in [2.75, 3.05) is 83.1 Å². The fourth-order valence-corrected chi connectivity index (χ4v) is 4.86. The van der Waals surface area contributed by atoms with Crippen LogP contribution in [0.25, 0.3) is 22.2 Å². The monoisotopic (exact) mass is 515 g/mol. The number of aryl methyl sites for hydroxylation is 1. The summed E-state index contributed by atoms with van der Waals surface area (Å²) in [5.74, 6) is 1.24. The Kier molecular flexibility index (Phi) is 7.62. The van der Waals surface area contributed by atoms with E-state index in [2.05, 4.69) is 79.8 Å². The highest BCUT2D eigenvalue weighted by molar-refractivity contribution is 5.84. The fraction of sp³-hybridized carbons (Fsp3) is 0.393. The lowest BCUT2D eigenvalue weighted by molar-refractivity contribution is 0.157.